The molecule has 2 heterocycles. The summed E-state index contributed by atoms with van der Waals surface area (Å²) in [6.45, 7) is 4.87. The Morgan fingerprint density at radius 1 is 1.10 bits per heavy atom. The van der Waals surface area contributed by atoms with E-state index in [1.165, 1.54) is 12.7 Å². The van der Waals surface area contributed by atoms with E-state index in [1.54, 1.807) is 0 Å². The highest BCUT2D eigenvalue weighted by Gasteiger charge is 2.21. The summed E-state index contributed by atoms with van der Waals surface area (Å²) < 4.78 is 11.1. The van der Waals surface area contributed by atoms with Crippen molar-refractivity contribution in [3.8, 4) is 5.75 Å². The molecule has 0 N–H and O–H groups in total. The molecule has 29 heavy (non-hydrogen) atoms. The average Bonchev–Trinajstić information content (AvgIpc) is 2.75. The van der Waals surface area contributed by atoms with Crippen LogP contribution < -0.4 is 4.74 Å². The highest BCUT2D eigenvalue weighted by atomic mass is 16.5. The van der Waals surface area contributed by atoms with E-state index < -0.39 is 0 Å². The van der Waals surface area contributed by atoms with Crippen molar-refractivity contribution in [1.29, 1.82) is 0 Å². The fraction of sp³-hybridized carbons (Fsp3) is 0.333. The molecule has 2 aromatic carbocycles. The zero-order valence-corrected chi connectivity index (χ0v) is 16.9. The summed E-state index contributed by atoms with van der Waals surface area (Å²) >= 11 is 0. The van der Waals surface area contributed by atoms with Crippen molar-refractivity contribution in [1.82, 2.24) is 9.88 Å². The second-order valence-electron chi connectivity index (χ2n) is 7.56. The van der Waals surface area contributed by atoms with Crippen molar-refractivity contribution in [3.05, 3.63) is 71.4 Å². The molecule has 0 unspecified atom stereocenters. The molecule has 1 aliphatic heterocycles. The molecule has 1 aliphatic rings. The molecule has 1 aromatic heterocycles. The third-order valence-electron chi connectivity index (χ3n) is 5.42. The SMILES string of the molecule is COC(=O)c1ccc(CN2CCC(Oc3cc(C)nc4ccccc34)CC2)cc1. The topological polar surface area (TPSA) is 51.7 Å². The number of likely N-dealkylation sites (tertiary alicyclic amines) is 1. The molecule has 4 rings (SSSR count). The van der Waals surface area contributed by atoms with Gasteiger partial charge in [-0.25, -0.2) is 4.79 Å². The van der Waals surface area contributed by atoms with Gasteiger partial charge in [-0.2, -0.15) is 0 Å². The smallest absolute Gasteiger partial charge is 0.337 e. The van der Waals surface area contributed by atoms with Gasteiger partial charge in [-0.05, 0) is 49.6 Å². The quantitative estimate of drug-likeness (QED) is 0.606. The molecular weight excluding hydrogens is 364 g/mol. The monoisotopic (exact) mass is 390 g/mol. The van der Waals surface area contributed by atoms with E-state index in [-0.39, 0.29) is 12.1 Å². The molecule has 1 fully saturated rings. The van der Waals surface area contributed by atoms with Crippen LogP contribution in [-0.2, 0) is 11.3 Å². The maximum atomic E-state index is 11.6. The fourth-order valence-corrected chi connectivity index (χ4v) is 3.85. The number of carbonyl (C=O) groups is 1. The summed E-state index contributed by atoms with van der Waals surface area (Å²) in [7, 11) is 1.40. The van der Waals surface area contributed by atoms with Crippen LogP contribution in [0.2, 0.25) is 0 Å². The summed E-state index contributed by atoms with van der Waals surface area (Å²) in [5.74, 6) is 0.637. The largest absolute Gasteiger partial charge is 0.490 e. The Morgan fingerprint density at radius 2 is 1.83 bits per heavy atom. The van der Waals surface area contributed by atoms with Crippen molar-refractivity contribution in [2.45, 2.75) is 32.4 Å². The molecule has 0 bridgehead atoms. The lowest BCUT2D eigenvalue weighted by Crippen LogP contribution is -2.37. The normalized spacial score (nSPS) is 15.4. The minimum Gasteiger partial charge on any atom is -0.490 e. The zero-order chi connectivity index (χ0) is 20.2. The van der Waals surface area contributed by atoms with Crippen LogP contribution in [0.3, 0.4) is 0 Å². The van der Waals surface area contributed by atoms with E-state index in [9.17, 15) is 4.79 Å². The van der Waals surface area contributed by atoms with Gasteiger partial charge >= 0.3 is 5.97 Å². The van der Waals surface area contributed by atoms with Gasteiger partial charge in [-0.1, -0.05) is 24.3 Å². The highest BCUT2D eigenvalue weighted by molar-refractivity contribution is 5.89. The molecule has 3 aromatic rings. The number of nitrogens with zero attached hydrogens (tertiary/aromatic N) is 2. The van der Waals surface area contributed by atoms with E-state index in [0.29, 0.717) is 5.56 Å². The number of para-hydroxylation sites is 1. The van der Waals surface area contributed by atoms with Gasteiger partial charge in [0, 0.05) is 36.8 Å². The minimum absolute atomic E-state index is 0.221. The Bertz CT molecular complexity index is 993. The first-order valence-corrected chi connectivity index (χ1v) is 10.0. The van der Waals surface area contributed by atoms with Crippen LogP contribution in [0.5, 0.6) is 5.75 Å². The molecular formula is C24H26N2O3. The minimum atomic E-state index is -0.298. The van der Waals surface area contributed by atoms with Crippen molar-refractivity contribution in [2.24, 2.45) is 0 Å². The zero-order valence-electron chi connectivity index (χ0n) is 16.9. The molecule has 5 nitrogen and oxygen atoms in total. The summed E-state index contributed by atoms with van der Waals surface area (Å²) in [5.41, 5.74) is 3.75. The van der Waals surface area contributed by atoms with Crippen molar-refractivity contribution >= 4 is 16.9 Å². The maximum absolute atomic E-state index is 11.6. The lowest BCUT2D eigenvalue weighted by atomic mass is 10.1. The number of aromatic nitrogens is 1. The van der Waals surface area contributed by atoms with Gasteiger partial charge in [0.1, 0.15) is 11.9 Å². The van der Waals surface area contributed by atoms with Gasteiger partial charge in [0.05, 0.1) is 18.2 Å². The summed E-state index contributed by atoms with van der Waals surface area (Å²) in [6.07, 6.45) is 2.21. The van der Waals surface area contributed by atoms with Gasteiger partial charge in [0.25, 0.3) is 0 Å². The van der Waals surface area contributed by atoms with Crippen molar-refractivity contribution in [2.75, 3.05) is 20.2 Å². The number of pyridine rings is 1. The summed E-state index contributed by atoms with van der Waals surface area (Å²) in [5, 5.41) is 1.08. The fourth-order valence-electron chi connectivity index (χ4n) is 3.85. The number of ether oxygens (including phenoxy) is 2. The Balaban J connectivity index is 1.35. The van der Waals surface area contributed by atoms with E-state index >= 15 is 0 Å². The first-order chi connectivity index (χ1) is 14.1. The van der Waals surface area contributed by atoms with Crippen LogP contribution in [-0.4, -0.2) is 42.2 Å². The average molecular weight is 390 g/mol. The maximum Gasteiger partial charge on any atom is 0.337 e. The lowest BCUT2D eigenvalue weighted by Gasteiger charge is -2.32. The molecule has 0 amide bonds. The number of rotatable bonds is 5. The van der Waals surface area contributed by atoms with Gasteiger partial charge in [-0.15, -0.1) is 0 Å². The van der Waals surface area contributed by atoms with Gasteiger partial charge in [-0.3, -0.25) is 9.88 Å². The Kier molecular flexibility index (Phi) is 5.76. The molecule has 0 atom stereocenters. The number of carbonyl (C=O) groups excluding carboxylic acids is 1. The van der Waals surface area contributed by atoms with Crippen LogP contribution >= 0.6 is 0 Å². The van der Waals surface area contributed by atoms with Crippen molar-refractivity contribution < 1.29 is 14.3 Å². The molecule has 0 spiro atoms. The van der Waals surface area contributed by atoms with Crippen LogP contribution in [0, 0.1) is 6.92 Å². The standard InChI is InChI=1S/C24H26N2O3/c1-17-15-23(21-5-3-4-6-22(21)25-17)29-20-11-13-26(14-12-20)16-18-7-9-19(10-8-18)24(27)28-2/h3-10,15,20H,11-14,16H2,1-2H3. The first-order valence-electron chi connectivity index (χ1n) is 10.0. The Hall–Kier alpha value is -2.92. The van der Waals surface area contributed by atoms with E-state index in [0.717, 1.165) is 54.8 Å². The number of aryl methyl sites for hydroxylation is 1. The predicted molar refractivity (Wildman–Crippen MR) is 113 cm³/mol. The Labute approximate surface area is 171 Å². The number of hydrogen-bond acceptors (Lipinski definition) is 5. The van der Waals surface area contributed by atoms with Gasteiger partial charge in [0.2, 0.25) is 0 Å². The van der Waals surface area contributed by atoms with Crippen LogP contribution in [0.4, 0.5) is 0 Å². The molecule has 1 saturated heterocycles. The number of piperidine rings is 1. The predicted octanol–water partition coefficient (Wildman–Crippen LogP) is 4.37. The van der Waals surface area contributed by atoms with Gasteiger partial charge in [0.15, 0.2) is 0 Å². The molecule has 0 saturated carbocycles. The number of fused-ring (bicyclic) bond motifs is 1. The van der Waals surface area contributed by atoms with Crippen molar-refractivity contribution in [3.63, 3.8) is 0 Å². The number of methoxy groups -OCH3 is 1. The Morgan fingerprint density at radius 3 is 2.55 bits per heavy atom. The summed E-state index contributed by atoms with van der Waals surface area (Å²) in [4.78, 5) is 18.6. The third kappa shape index (κ3) is 4.57. The van der Waals surface area contributed by atoms with Crippen LogP contribution in [0.1, 0.15) is 34.5 Å². The number of esters is 1. The third-order valence-corrected chi connectivity index (χ3v) is 5.42. The lowest BCUT2D eigenvalue weighted by molar-refractivity contribution is 0.0600. The molecule has 0 radical (unpaired) electrons. The van der Waals surface area contributed by atoms with Crippen LogP contribution in [0.25, 0.3) is 10.9 Å². The summed E-state index contributed by atoms with van der Waals surface area (Å²) in [6, 6.07) is 17.8. The van der Waals surface area contributed by atoms with E-state index in [2.05, 4.69) is 16.0 Å². The van der Waals surface area contributed by atoms with E-state index in [1.807, 2.05) is 55.5 Å². The molecule has 0 aliphatic carbocycles. The second-order valence-corrected chi connectivity index (χ2v) is 7.56. The van der Waals surface area contributed by atoms with Crippen LogP contribution in [0.15, 0.2) is 54.6 Å². The second kappa shape index (κ2) is 8.62. The first kappa shape index (κ1) is 19.4. The van der Waals surface area contributed by atoms with Gasteiger partial charge < -0.3 is 9.47 Å². The van der Waals surface area contributed by atoms with E-state index in [4.69, 9.17) is 9.47 Å². The highest BCUT2D eigenvalue weighted by Crippen LogP contribution is 2.28. The molecule has 5 heteroatoms. The molecule has 150 valence electrons. The number of benzene rings is 2. The number of hydrogen-bond donors (Lipinski definition) is 0.